The molecule has 0 bridgehead atoms. The number of carbonyl (C=O) groups is 1. The lowest BCUT2D eigenvalue weighted by Crippen LogP contribution is -2.09. The average molecular weight is 282 g/mol. The lowest BCUT2D eigenvalue weighted by Gasteiger charge is -2.04. The number of carbonyl (C=O) groups excluding carboxylic acids is 1. The molecule has 2 N–H and O–H groups in total. The molecule has 7 heteroatoms. The van der Waals surface area contributed by atoms with Gasteiger partial charge in [-0.15, -0.1) is 0 Å². The Kier molecular flexibility index (Phi) is 3.48. The van der Waals surface area contributed by atoms with Crippen molar-refractivity contribution in [1.82, 2.24) is 4.98 Å². The topological polar surface area (TPSA) is 88.3 Å². The summed E-state index contributed by atoms with van der Waals surface area (Å²) in [5, 5.41) is 0.621. The number of fused-ring (bicyclic) bond motifs is 1. The number of hydrogen-bond acceptors (Lipinski definition) is 4. The number of aromatic amines is 1. The van der Waals surface area contributed by atoms with Crippen LogP contribution in [0.15, 0.2) is 24.3 Å². The van der Waals surface area contributed by atoms with Crippen LogP contribution in [0, 0.1) is 0 Å². The molecule has 0 fully saturated rings. The van der Waals surface area contributed by atoms with E-state index in [1.54, 1.807) is 31.2 Å². The highest BCUT2D eigenvalue weighted by molar-refractivity contribution is 7.92. The Morgan fingerprint density at radius 1 is 1.42 bits per heavy atom. The maximum absolute atomic E-state index is 11.6. The van der Waals surface area contributed by atoms with E-state index in [0.717, 1.165) is 6.26 Å². The van der Waals surface area contributed by atoms with Gasteiger partial charge in [-0.3, -0.25) is 4.72 Å². The van der Waals surface area contributed by atoms with Gasteiger partial charge in [0, 0.05) is 10.9 Å². The summed E-state index contributed by atoms with van der Waals surface area (Å²) in [6, 6.07) is 6.65. The molecule has 2 aromatic rings. The van der Waals surface area contributed by atoms with Crippen LogP contribution in [0.2, 0.25) is 0 Å². The van der Waals surface area contributed by atoms with E-state index >= 15 is 0 Å². The molecule has 0 aliphatic rings. The van der Waals surface area contributed by atoms with Gasteiger partial charge in [-0.25, -0.2) is 13.2 Å². The Balaban J connectivity index is 2.48. The van der Waals surface area contributed by atoms with Crippen LogP contribution in [0.3, 0.4) is 0 Å². The SMILES string of the molecule is CCOC(=O)c1cc2c(NS(C)(=O)=O)cccc2[nH]1. The Bertz CT molecular complexity index is 718. The summed E-state index contributed by atoms with van der Waals surface area (Å²) in [5.74, 6) is -0.469. The lowest BCUT2D eigenvalue weighted by atomic mass is 10.2. The van der Waals surface area contributed by atoms with E-state index in [1.807, 2.05) is 0 Å². The van der Waals surface area contributed by atoms with Crippen molar-refractivity contribution in [1.29, 1.82) is 0 Å². The van der Waals surface area contributed by atoms with Gasteiger partial charge in [0.05, 0.1) is 18.6 Å². The smallest absolute Gasteiger partial charge is 0.354 e. The lowest BCUT2D eigenvalue weighted by molar-refractivity contribution is 0.0520. The molecule has 0 aliphatic carbocycles. The number of anilines is 1. The number of aromatic nitrogens is 1. The van der Waals surface area contributed by atoms with Crippen LogP contribution in [-0.4, -0.2) is 32.2 Å². The fourth-order valence-electron chi connectivity index (χ4n) is 1.76. The summed E-state index contributed by atoms with van der Waals surface area (Å²) < 4.78 is 29.8. The summed E-state index contributed by atoms with van der Waals surface area (Å²) in [4.78, 5) is 14.5. The molecule has 1 heterocycles. The number of nitrogens with one attached hydrogen (secondary N) is 2. The number of H-pyrrole nitrogens is 1. The van der Waals surface area contributed by atoms with Gasteiger partial charge < -0.3 is 9.72 Å². The molecule has 0 atom stereocenters. The van der Waals surface area contributed by atoms with Gasteiger partial charge in [0.15, 0.2) is 0 Å². The average Bonchev–Trinajstić information content (AvgIpc) is 2.72. The van der Waals surface area contributed by atoms with Crippen molar-refractivity contribution in [2.75, 3.05) is 17.6 Å². The van der Waals surface area contributed by atoms with Crippen molar-refractivity contribution in [2.45, 2.75) is 6.92 Å². The minimum Gasteiger partial charge on any atom is -0.461 e. The second-order valence-electron chi connectivity index (χ2n) is 4.04. The monoisotopic (exact) mass is 282 g/mol. The molecule has 0 saturated heterocycles. The molecule has 1 aromatic heterocycles. The molecule has 0 spiro atoms. The third-order valence-electron chi connectivity index (χ3n) is 2.45. The number of rotatable bonds is 4. The Labute approximate surface area is 110 Å². The van der Waals surface area contributed by atoms with Crippen molar-refractivity contribution in [2.24, 2.45) is 0 Å². The van der Waals surface area contributed by atoms with Crippen LogP contribution in [0.25, 0.3) is 10.9 Å². The molecular weight excluding hydrogens is 268 g/mol. The molecule has 102 valence electrons. The van der Waals surface area contributed by atoms with Crippen LogP contribution in [0.5, 0.6) is 0 Å². The van der Waals surface area contributed by atoms with Gasteiger partial charge in [0.2, 0.25) is 10.0 Å². The summed E-state index contributed by atoms with van der Waals surface area (Å²) in [7, 11) is -3.37. The zero-order chi connectivity index (χ0) is 14.0. The van der Waals surface area contributed by atoms with Crippen LogP contribution in [0.4, 0.5) is 5.69 Å². The van der Waals surface area contributed by atoms with Crippen LogP contribution in [0.1, 0.15) is 17.4 Å². The predicted molar refractivity (Wildman–Crippen MR) is 72.7 cm³/mol. The molecule has 0 saturated carbocycles. The van der Waals surface area contributed by atoms with E-state index < -0.39 is 16.0 Å². The first-order chi connectivity index (χ1) is 8.90. The van der Waals surface area contributed by atoms with Gasteiger partial charge in [-0.1, -0.05) is 6.07 Å². The van der Waals surface area contributed by atoms with E-state index in [-0.39, 0.29) is 6.61 Å². The summed E-state index contributed by atoms with van der Waals surface area (Å²) >= 11 is 0. The Morgan fingerprint density at radius 3 is 2.79 bits per heavy atom. The van der Waals surface area contributed by atoms with E-state index in [2.05, 4.69) is 9.71 Å². The molecule has 0 amide bonds. The van der Waals surface area contributed by atoms with Crippen molar-refractivity contribution in [3.63, 3.8) is 0 Å². The highest BCUT2D eigenvalue weighted by Crippen LogP contribution is 2.25. The van der Waals surface area contributed by atoms with Crippen LogP contribution >= 0.6 is 0 Å². The second kappa shape index (κ2) is 4.93. The normalized spacial score (nSPS) is 11.5. The van der Waals surface area contributed by atoms with Crippen LogP contribution in [-0.2, 0) is 14.8 Å². The van der Waals surface area contributed by atoms with Crippen molar-refractivity contribution >= 4 is 32.6 Å². The molecule has 6 nitrogen and oxygen atoms in total. The first-order valence-corrected chi connectivity index (χ1v) is 7.56. The molecule has 1 aromatic carbocycles. The standard InChI is InChI=1S/C12H14N2O4S/c1-3-18-12(15)11-7-8-9(13-11)5-4-6-10(8)14-19(2,16)17/h4-7,13-14H,3H2,1-2H3. The fraction of sp³-hybridized carbons (Fsp3) is 0.250. The largest absolute Gasteiger partial charge is 0.461 e. The minimum absolute atomic E-state index is 0.280. The summed E-state index contributed by atoms with van der Waals surface area (Å²) in [5.41, 5.74) is 1.38. The highest BCUT2D eigenvalue weighted by atomic mass is 32.2. The van der Waals surface area contributed by atoms with Gasteiger partial charge >= 0.3 is 5.97 Å². The van der Waals surface area contributed by atoms with E-state index in [9.17, 15) is 13.2 Å². The maximum atomic E-state index is 11.6. The third kappa shape index (κ3) is 3.05. The van der Waals surface area contributed by atoms with Gasteiger partial charge in [0.25, 0.3) is 0 Å². The van der Waals surface area contributed by atoms with Gasteiger partial charge in [0.1, 0.15) is 5.69 Å². The highest BCUT2D eigenvalue weighted by Gasteiger charge is 2.13. The predicted octanol–water partition coefficient (Wildman–Crippen LogP) is 1.72. The first-order valence-electron chi connectivity index (χ1n) is 5.67. The molecule has 2 rings (SSSR count). The first kappa shape index (κ1) is 13.4. The van der Waals surface area contributed by atoms with Crippen LogP contribution < -0.4 is 4.72 Å². The van der Waals surface area contributed by atoms with E-state index in [1.165, 1.54) is 0 Å². The fourth-order valence-corrected chi connectivity index (χ4v) is 2.34. The van der Waals surface area contributed by atoms with Crippen molar-refractivity contribution < 1.29 is 17.9 Å². The third-order valence-corrected chi connectivity index (χ3v) is 3.05. The summed E-state index contributed by atoms with van der Waals surface area (Å²) in [6.45, 7) is 2.00. The number of sulfonamides is 1. The zero-order valence-corrected chi connectivity index (χ0v) is 11.4. The minimum atomic E-state index is -3.37. The number of benzene rings is 1. The van der Waals surface area contributed by atoms with E-state index in [4.69, 9.17) is 4.74 Å². The Hall–Kier alpha value is -2.02. The quantitative estimate of drug-likeness (QED) is 0.836. The molecule has 0 radical (unpaired) electrons. The summed E-state index contributed by atoms with van der Waals surface area (Å²) in [6.07, 6.45) is 1.07. The zero-order valence-electron chi connectivity index (χ0n) is 10.6. The Morgan fingerprint density at radius 2 is 2.16 bits per heavy atom. The maximum Gasteiger partial charge on any atom is 0.354 e. The van der Waals surface area contributed by atoms with E-state index in [0.29, 0.717) is 22.3 Å². The van der Waals surface area contributed by atoms with Gasteiger partial charge in [-0.05, 0) is 25.1 Å². The molecule has 0 aliphatic heterocycles. The second-order valence-corrected chi connectivity index (χ2v) is 5.79. The molecule has 19 heavy (non-hydrogen) atoms. The molecule has 0 unspecified atom stereocenters. The van der Waals surface area contributed by atoms with Gasteiger partial charge in [-0.2, -0.15) is 0 Å². The molecular formula is C12H14N2O4S. The van der Waals surface area contributed by atoms with Crippen molar-refractivity contribution in [3.8, 4) is 0 Å². The number of hydrogen-bond donors (Lipinski definition) is 2. The number of esters is 1. The van der Waals surface area contributed by atoms with Crippen molar-refractivity contribution in [3.05, 3.63) is 30.0 Å². The number of ether oxygens (including phenoxy) is 1.